The van der Waals surface area contributed by atoms with Gasteiger partial charge < -0.3 is 30.5 Å². The first-order chi connectivity index (χ1) is 17.1. The van der Waals surface area contributed by atoms with Gasteiger partial charge in [-0.25, -0.2) is 4.98 Å². The molecular weight excluding hydrogens is 444 g/mol. The number of rotatable bonds is 6. The van der Waals surface area contributed by atoms with Crippen LogP contribution in [0.5, 0.6) is 5.75 Å². The van der Waals surface area contributed by atoms with E-state index in [1.807, 2.05) is 30.3 Å². The van der Waals surface area contributed by atoms with Gasteiger partial charge in [0, 0.05) is 42.6 Å². The van der Waals surface area contributed by atoms with E-state index < -0.39 is 0 Å². The lowest BCUT2D eigenvalue weighted by Gasteiger charge is -2.43. The molecule has 4 heterocycles. The number of anilines is 3. The van der Waals surface area contributed by atoms with Crippen molar-refractivity contribution < 1.29 is 14.9 Å². The van der Waals surface area contributed by atoms with Gasteiger partial charge in [-0.1, -0.05) is 18.1 Å². The largest absolute Gasteiger partial charge is 0.507 e. The van der Waals surface area contributed by atoms with Gasteiger partial charge in [-0.15, -0.1) is 10.2 Å². The summed E-state index contributed by atoms with van der Waals surface area (Å²) in [6, 6.07) is 13.7. The number of aliphatic hydroxyl groups is 1. The highest BCUT2D eigenvalue weighted by Gasteiger charge is 2.40. The Labute approximate surface area is 204 Å². The number of aromatic nitrogens is 3. The van der Waals surface area contributed by atoms with Crippen molar-refractivity contribution in [1.82, 2.24) is 15.2 Å². The third kappa shape index (κ3) is 4.85. The fraction of sp³-hybridized carbons (Fsp3) is 0.346. The molecule has 2 aliphatic heterocycles. The van der Waals surface area contributed by atoms with Crippen molar-refractivity contribution in [2.45, 2.75) is 24.9 Å². The van der Waals surface area contributed by atoms with Crippen LogP contribution in [0.3, 0.4) is 0 Å². The number of aliphatic hydroxyl groups excluding tert-OH is 1. The van der Waals surface area contributed by atoms with E-state index in [2.05, 4.69) is 36.8 Å². The van der Waals surface area contributed by atoms with Crippen LogP contribution in [0.15, 0.2) is 48.7 Å². The maximum absolute atomic E-state index is 10.3. The van der Waals surface area contributed by atoms with Crippen molar-refractivity contribution in [2.75, 3.05) is 48.4 Å². The SMILES string of the molecule is Nc1nnc(-c2ccccc2O)cc1N1CC2CCC(C1)N2c1ccnc(C#CCOCCO)c1. The summed E-state index contributed by atoms with van der Waals surface area (Å²) >= 11 is 0. The number of piperazine rings is 1. The third-order valence-electron chi connectivity index (χ3n) is 6.47. The molecular formula is C26H28N6O3. The topological polar surface area (TPSA) is 121 Å². The van der Waals surface area contributed by atoms with E-state index in [1.165, 1.54) is 0 Å². The fourth-order valence-corrected chi connectivity index (χ4v) is 4.95. The van der Waals surface area contributed by atoms with Crippen LogP contribution in [-0.4, -0.2) is 70.4 Å². The van der Waals surface area contributed by atoms with Crippen LogP contribution in [0, 0.1) is 11.8 Å². The predicted octanol–water partition coefficient (Wildman–Crippen LogP) is 2.04. The summed E-state index contributed by atoms with van der Waals surface area (Å²) in [6.07, 6.45) is 3.97. The van der Waals surface area contributed by atoms with Crippen LogP contribution < -0.4 is 15.5 Å². The van der Waals surface area contributed by atoms with Gasteiger partial charge in [0.1, 0.15) is 18.1 Å². The van der Waals surface area contributed by atoms with E-state index in [9.17, 15) is 5.11 Å². The van der Waals surface area contributed by atoms with Crippen molar-refractivity contribution in [3.8, 4) is 28.8 Å². The number of fused-ring (bicyclic) bond motifs is 2. The van der Waals surface area contributed by atoms with Gasteiger partial charge in [-0.05, 0) is 49.1 Å². The monoisotopic (exact) mass is 472 g/mol. The Morgan fingerprint density at radius 3 is 2.66 bits per heavy atom. The highest BCUT2D eigenvalue weighted by molar-refractivity contribution is 5.74. The summed E-state index contributed by atoms with van der Waals surface area (Å²) in [7, 11) is 0. The molecule has 0 radical (unpaired) electrons. The number of nitrogens with zero attached hydrogens (tertiary/aromatic N) is 5. The van der Waals surface area contributed by atoms with Crippen LogP contribution in [-0.2, 0) is 4.74 Å². The molecule has 3 aromatic rings. The number of nitrogens with two attached hydrogens (primary N) is 1. The first kappa shape index (κ1) is 22.9. The van der Waals surface area contributed by atoms with E-state index in [4.69, 9.17) is 15.6 Å². The van der Waals surface area contributed by atoms with Gasteiger partial charge in [0.05, 0.1) is 24.6 Å². The fourth-order valence-electron chi connectivity index (χ4n) is 4.95. The Hall–Kier alpha value is -3.87. The number of phenolic OH excluding ortho intramolecular Hbond substituents is 1. The van der Waals surface area contributed by atoms with E-state index in [0.29, 0.717) is 34.9 Å². The van der Waals surface area contributed by atoms with Gasteiger partial charge in [-0.3, -0.25) is 0 Å². The van der Waals surface area contributed by atoms with Crippen LogP contribution in [0.2, 0.25) is 0 Å². The Balaban J connectivity index is 1.34. The molecule has 2 fully saturated rings. The van der Waals surface area contributed by atoms with Crippen molar-refractivity contribution in [2.24, 2.45) is 0 Å². The molecule has 0 amide bonds. The molecule has 2 bridgehead atoms. The number of aromatic hydroxyl groups is 1. The zero-order valence-corrected chi connectivity index (χ0v) is 19.3. The zero-order valence-electron chi connectivity index (χ0n) is 19.3. The number of para-hydroxylation sites is 1. The second-order valence-corrected chi connectivity index (χ2v) is 8.69. The molecule has 2 saturated heterocycles. The molecule has 9 nitrogen and oxygen atoms in total. The summed E-state index contributed by atoms with van der Waals surface area (Å²) in [6.45, 7) is 2.15. The van der Waals surface area contributed by atoms with Crippen molar-refractivity contribution in [3.05, 3.63) is 54.4 Å². The molecule has 0 aliphatic carbocycles. The molecule has 2 aromatic heterocycles. The maximum Gasteiger partial charge on any atom is 0.169 e. The number of ether oxygens (including phenoxy) is 1. The van der Waals surface area contributed by atoms with Crippen molar-refractivity contribution >= 4 is 17.2 Å². The summed E-state index contributed by atoms with van der Waals surface area (Å²) in [5.74, 6) is 6.55. The summed E-state index contributed by atoms with van der Waals surface area (Å²) < 4.78 is 5.20. The van der Waals surface area contributed by atoms with Crippen LogP contribution in [0.1, 0.15) is 18.5 Å². The van der Waals surface area contributed by atoms with Gasteiger partial charge in [0.15, 0.2) is 5.82 Å². The molecule has 2 aliphatic rings. The van der Waals surface area contributed by atoms with Crippen molar-refractivity contribution in [1.29, 1.82) is 0 Å². The zero-order chi connectivity index (χ0) is 24.2. The van der Waals surface area contributed by atoms with Gasteiger partial charge in [0.2, 0.25) is 0 Å². The lowest BCUT2D eigenvalue weighted by molar-refractivity contribution is 0.115. The Morgan fingerprint density at radius 1 is 1.09 bits per heavy atom. The van der Waals surface area contributed by atoms with Gasteiger partial charge in [-0.2, -0.15) is 0 Å². The molecule has 35 heavy (non-hydrogen) atoms. The summed E-state index contributed by atoms with van der Waals surface area (Å²) in [4.78, 5) is 9.13. The predicted molar refractivity (Wildman–Crippen MR) is 134 cm³/mol. The average Bonchev–Trinajstić information content (AvgIpc) is 3.14. The smallest absolute Gasteiger partial charge is 0.169 e. The van der Waals surface area contributed by atoms with Gasteiger partial charge in [0.25, 0.3) is 0 Å². The lowest BCUT2D eigenvalue weighted by atomic mass is 10.1. The quantitative estimate of drug-likeness (QED) is 0.366. The van der Waals surface area contributed by atoms with E-state index in [-0.39, 0.29) is 25.6 Å². The molecule has 0 saturated carbocycles. The minimum absolute atomic E-state index is 0.0125. The lowest BCUT2D eigenvalue weighted by Crippen LogP contribution is -2.54. The third-order valence-corrected chi connectivity index (χ3v) is 6.47. The second-order valence-electron chi connectivity index (χ2n) is 8.69. The molecule has 2 unspecified atom stereocenters. The minimum atomic E-state index is -0.0125. The Morgan fingerprint density at radius 2 is 1.89 bits per heavy atom. The van der Waals surface area contributed by atoms with E-state index in [0.717, 1.165) is 37.3 Å². The highest BCUT2D eigenvalue weighted by atomic mass is 16.5. The molecule has 1 aromatic carbocycles. The Bertz CT molecular complexity index is 1240. The summed E-state index contributed by atoms with van der Waals surface area (Å²) in [5, 5.41) is 27.4. The summed E-state index contributed by atoms with van der Waals surface area (Å²) in [5.41, 5.74) is 10.1. The number of hydrogen-bond acceptors (Lipinski definition) is 9. The van der Waals surface area contributed by atoms with E-state index in [1.54, 1.807) is 18.3 Å². The van der Waals surface area contributed by atoms with Crippen LogP contribution in [0.4, 0.5) is 17.2 Å². The standard InChI is InChI=1S/C26H28N6O3/c27-26-24(15-23(29-30-26)22-5-1-2-6-25(22)34)31-16-20-7-8-21(17-31)32(20)19-9-10-28-18(14-19)4-3-12-35-13-11-33/h1-2,5-6,9-10,14-15,20-21,33-34H,7-8,11-13,16-17H2,(H2,27,30). The van der Waals surface area contributed by atoms with Gasteiger partial charge >= 0.3 is 0 Å². The van der Waals surface area contributed by atoms with E-state index >= 15 is 0 Å². The normalized spacial score (nSPS) is 18.9. The van der Waals surface area contributed by atoms with Crippen LogP contribution >= 0.6 is 0 Å². The molecule has 9 heteroatoms. The first-order valence-corrected chi connectivity index (χ1v) is 11.7. The molecule has 180 valence electrons. The molecule has 0 spiro atoms. The number of pyridine rings is 1. The number of benzene rings is 1. The number of nitrogen functional groups attached to an aromatic ring is 1. The molecule has 5 rings (SSSR count). The van der Waals surface area contributed by atoms with Crippen LogP contribution in [0.25, 0.3) is 11.3 Å². The molecule has 2 atom stereocenters. The molecule has 4 N–H and O–H groups in total. The first-order valence-electron chi connectivity index (χ1n) is 11.7. The van der Waals surface area contributed by atoms with Crippen molar-refractivity contribution in [3.63, 3.8) is 0 Å². The number of phenols is 1. The average molecular weight is 473 g/mol. The second kappa shape index (κ2) is 10.2. The number of hydrogen-bond donors (Lipinski definition) is 3. The Kier molecular flexibility index (Phi) is 6.66. The maximum atomic E-state index is 10.3. The highest BCUT2D eigenvalue weighted by Crippen LogP contribution is 2.38. The minimum Gasteiger partial charge on any atom is -0.507 e.